The number of carbonyl (C=O) groups excluding carboxylic acids is 1. The number of hydrogen-bond acceptors (Lipinski definition) is 5. The van der Waals surface area contributed by atoms with E-state index in [-0.39, 0.29) is 18.8 Å². The van der Waals surface area contributed by atoms with Gasteiger partial charge in [-0.25, -0.2) is 0 Å². The van der Waals surface area contributed by atoms with Crippen molar-refractivity contribution in [3.05, 3.63) is 0 Å². The summed E-state index contributed by atoms with van der Waals surface area (Å²) in [7, 11) is -3.71. The van der Waals surface area contributed by atoms with Crippen LogP contribution in [0.4, 0.5) is 0 Å². The topological polar surface area (TPSA) is 69.7 Å². The molecule has 0 aromatic rings. The summed E-state index contributed by atoms with van der Waals surface area (Å²) in [5.41, 5.74) is 0. The molecule has 0 bridgehead atoms. The second-order valence-corrected chi connectivity index (χ2v) is 4.79. The first kappa shape index (κ1) is 13.7. The van der Waals surface area contributed by atoms with Crippen molar-refractivity contribution in [2.24, 2.45) is 5.92 Å². The summed E-state index contributed by atoms with van der Waals surface area (Å²) in [5.74, 6) is -1.19. The molecule has 1 atom stereocenters. The number of hydrogen-bond donors (Lipinski definition) is 0. The van der Waals surface area contributed by atoms with Crippen LogP contribution in [-0.2, 0) is 23.4 Å². The molecule has 0 fully saturated rings. The Morgan fingerprint density at radius 3 is 2.50 bits per heavy atom. The molecule has 0 aromatic heterocycles. The van der Waals surface area contributed by atoms with E-state index < -0.39 is 22.0 Å². The third-order valence-corrected chi connectivity index (χ3v) is 3.09. The third kappa shape index (κ3) is 5.41. The van der Waals surface area contributed by atoms with E-state index in [2.05, 4.69) is 3.74 Å². The van der Waals surface area contributed by atoms with Gasteiger partial charge in [0.2, 0.25) is 0 Å². The first-order valence-electron chi connectivity index (χ1n) is 4.12. The van der Waals surface area contributed by atoms with Gasteiger partial charge in [-0.15, -0.1) is 0 Å². The Bertz CT molecular complexity index is 274. The SMILES string of the molecule is CCOC(=O)[C@@H](C)CCS(=O)(=O)OCl. The summed E-state index contributed by atoms with van der Waals surface area (Å²) >= 11 is 4.71. The Hall–Kier alpha value is -0.330. The molecule has 0 radical (unpaired) electrons. The fourth-order valence-corrected chi connectivity index (χ4v) is 1.65. The van der Waals surface area contributed by atoms with Crippen LogP contribution in [0, 0.1) is 5.92 Å². The summed E-state index contributed by atoms with van der Waals surface area (Å²) in [5, 5.41) is 0. The molecule has 0 unspecified atom stereocenters. The minimum atomic E-state index is -3.71. The van der Waals surface area contributed by atoms with Crippen LogP contribution in [-0.4, -0.2) is 26.7 Å². The van der Waals surface area contributed by atoms with Gasteiger partial charge in [0.1, 0.15) is 0 Å². The summed E-state index contributed by atoms with van der Waals surface area (Å²) < 4.78 is 30.0. The zero-order chi connectivity index (χ0) is 11.2. The fraction of sp³-hybridized carbons (Fsp3) is 0.857. The van der Waals surface area contributed by atoms with E-state index in [4.69, 9.17) is 16.6 Å². The second kappa shape index (κ2) is 6.21. The molecule has 14 heavy (non-hydrogen) atoms. The van der Waals surface area contributed by atoms with Crippen molar-refractivity contribution in [3.8, 4) is 0 Å². The average molecular weight is 245 g/mol. The predicted molar refractivity (Wildman–Crippen MR) is 51.1 cm³/mol. The molecule has 0 aliphatic carbocycles. The lowest BCUT2D eigenvalue weighted by molar-refractivity contribution is -0.147. The normalized spacial score (nSPS) is 13.6. The van der Waals surface area contributed by atoms with Crippen molar-refractivity contribution in [2.75, 3.05) is 12.4 Å². The van der Waals surface area contributed by atoms with Crippen LogP contribution in [0.5, 0.6) is 0 Å². The Balaban J connectivity index is 3.96. The molecule has 0 saturated carbocycles. The highest BCUT2D eigenvalue weighted by molar-refractivity contribution is 7.87. The van der Waals surface area contributed by atoms with Crippen molar-refractivity contribution in [3.63, 3.8) is 0 Å². The maximum Gasteiger partial charge on any atom is 0.308 e. The molecule has 0 N–H and O–H groups in total. The van der Waals surface area contributed by atoms with Crippen LogP contribution in [0.25, 0.3) is 0 Å². The van der Waals surface area contributed by atoms with Crippen LogP contribution >= 0.6 is 11.9 Å². The monoisotopic (exact) mass is 244 g/mol. The minimum absolute atomic E-state index is 0.133. The van der Waals surface area contributed by atoms with E-state index in [1.165, 1.54) is 0 Å². The molecule has 0 aromatic carbocycles. The van der Waals surface area contributed by atoms with Gasteiger partial charge in [0.05, 0.1) is 30.1 Å². The Labute approximate surface area is 88.6 Å². The molecule has 0 saturated heterocycles. The molecule has 7 heteroatoms. The molecule has 0 aliphatic rings. The number of rotatable bonds is 6. The predicted octanol–water partition coefficient (Wildman–Crippen LogP) is 1.08. The van der Waals surface area contributed by atoms with Gasteiger partial charge >= 0.3 is 5.97 Å². The lowest BCUT2D eigenvalue weighted by Crippen LogP contribution is -2.18. The van der Waals surface area contributed by atoms with Crippen LogP contribution in [0.15, 0.2) is 0 Å². The van der Waals surface area contributed by atoms with E-state index in [0.29, 0.717) is 0 Å². The van der Waals surface area contributed by atoms with Crippen LogP contribution in [0.3, 0.4) is 0 Å². The Kier molecular flexibility index (Phi) is 6.06. The molecule has 0 aliphatic heterocycles. The van der Waals surface area contributed by atoms with Crippen molar-refractivity contribution >= 4 is 28.0 Å². The van der Waals surface area contributed by atoms with E-state index in [9.17, 15) is 13.2 Å². The molecule has 0 spiro atoms. The summed E-state index contributed by atoms with van der Waals surface area (Å²) in [6.07, 6.45) is 0.133. The first-order chi connectivity index (χ1) is 6.43. The largest absolute Gasteiger partial charge is 0.466 e. The highest BCUT2D eigenvalue weighted by Gasteiger charge is 2.18. The minimum Gasteiger partial charge on any atom is -0.466 e. The molecule has 84 valence electrons. The van der Waals surface area contributed by atoms with Crippen molar-refractivity contribution in [2.45, 2.75) is 20.3 Å². The van der Waals surface area contributed by atoms with Gasteiger partial charge in [-0.05, 0) is 13.3 Å². The van der Waals surface area contributed by atoms with Crippen molar-refractivity contribution in [1.82, 2.24) is 0 Å². The molecular formula is C7H13ClO5S. The zero-order valence-corrected chi connectivity index (χ0v) is 9.60. The highest BCUT2D eigenvalue weighted by atomic mass is 35.5. The highest BCUT2D eigenvalue weighted by Crippen LogP contribution is 2.08. The van der Waals surface area contributed by atoms with Gasteiger partial charge in [-0.2, -0.15) is 12.2 Å². The number of carbonyl (C=O) groups is 1. The first-order valence-corrected chi connectivity index (χ1v) is 6.01. The molecular weight excluding hydrogens is 232 g/mol. The summed E-state index contributed by atoms with van der Waals surface area (Å²) in [4.78, 5) is 11.1. The van der Waals surface area contributed by atoms with E-state index in [0.717, 1.165) is 0 Å². The smallest absolute Gasteiger partial charge is 0.308 e. The lowest BCUT2D eigenvalue weighted by Gasteiger charge is -2.08. The number of esters is 1. The van der Waals surface area contributed by atoms with Crippen LogP contribution in [0.1, 0.15) is 20.3 Å². The maximum atomic E-state index is 11.1. The number of halogens is 1. The van der Waals surface area contributed by atoms with Crippen LogP contribution in [0.2, 0.25) is 0 Å². The summed E-state index contributed by atoms with van der Waals surface area (Å²) in [6, 6.07) is 0. The maximum absolute atomic E-state index is 11.1. The van der Waals surface area contributed by atoms with E-state index in [1.807, 2.05) is 0 Å². The van der Waals surface area contributed by atoms with Crippen LogP contribution < -0.4 is 0 Å². The average Bonchev–Trinajstić information content (AvgIpc) is 2.15. The van der Waals surface area contributed by atoms with Gasteiger partial charge in [-0.3, -0.25) is 4.79 Å². The molecule has 0 rings (SSSR count). The quantitative estimate of drug-likeness (QED) is 0.654. The Morgan fingerprint density at radius 2 is 2.07 bits per heavy atom. The van der Waals surface area contributed by atoms with Gasteiger partial charge in [-0.1, -0.05) is 6.92 Å². The second-order valence-electron chi connectivity index (χ2n) is 2.77. The Morgan fingerprint density at radius 1 is 1.50 bits per heavy atom. The van der Waals surface area contributed by atoms with Crippen molar-refractivity contribution in [1.29, 1.82) is 0 Å². The van der Waals surface area contributed by atoms with Gasteiger partial charge in [0.25, 0.3) is 10.1 Å². The standard InChI is InChI=1S/C7H13ClO5S/c1-3-12-7(9)6(2)4-5-14(10,11)13-8/h6H,3-5H2,1-2H3/t6-/m0/s1. The van der Waals surface area contributed by atoms with Gasteiger partial charge in [0, 0.05) is 0 Å². The lowest BCUT2D eigenvalue weighted by atomic mass is 10.1. The third-order valence-electron chi connectivity index (χ3n) is 1.59. The molecule has 5 nitrogen and oxygen atoms in total. The van der Waals surface area contributed by atoms with Gasteiger partial charge in [0.15, 0.2) is 0 Å². The summed E-state index contributed by atoms with van der Waals surface area (Å²) in [6.45, 7) is 3.55. The van der Waals surface area contributed by atoms with E-state index >= 15 is 0 Å². The number of ether oxygens (including phenoxy) is 1. The molecule has 0 amide bonds. The van der Waals surface area contributed by atoms with E-state index in [1.54, 1.807) is 13.8 Å². The molecule has 0 heterocycles. The fourth-order valence-electron chi connectivity index (χ4n) is 0.755. The van der Waals surface area contributed by atoms with Gasteiger partial charge < -0.3 is 4.74 Å². The van der Waals surface area contributed by atoms with Crippen molar-refractivity contribution < 1.29 is 21.7 Å². The zero-order valence-electron chi connectivity index (χ0n) is 8.03.